The number of rotatable bonds is 8. The fraction of sp³-hybridized carbons (Fsp3) is 0.389. The van der Waals surface area contributed by atoms with E-state index in [0.717, 1.165) is 6.07 Å². The highest BCUT2D eigenvalue weighted by molar-refractivity contribution is 7.99. The smallest absolute Gasteiger partial charge is 0.355 e. The van der Waals surface area contributed by atoms with E-state index < -0.39 is 11.9 Å². The molecule has 0 radical (unpaired) electrons. The fourth-order valence-electron chi connectivity index (χ4n) is 2.38. The zero-order chi connectivity index (χ0) is 20.7. The third-order valence-corrected chi connectivity index (χ3v) is 4.63. The predicted octanol–water partition coefficient (Wildman–Crippen LogP) is 2.83. The topological polar surface area (TPSA) is 74.3 Å². The molecule has 10 heteroatoms. The third-order valence-electron chi connectivity index (χ3n) is 3.58. The number of carbonyl (C=O) groups excluding carboxylic acids is 2. The van der Waals surface area contributed by atoms with Crippen LogP contribution in [0.2, 0.25) is 0 Å². The minimum absolute atomic E-state index is 0.0424. The largest absolute Gasteiger partial charge is 0.433 e. The normalized spacial score (nSPS) is 11.6. The van der Waals surface area contributed by atoms with E-state index in [4.69, 9.17) is 0 Å². The molecule has 2 aromatic rings. The zero-order valence-electron chi connectivity index (χ0n) is 15.5. The first-order chi connectivity index (χ1) is 13.2. The Morgan fingerprint density at radius 1 is 1.14 bits per heavy atom. The van der Waals surface area contributed by atoms with Crippen molar-refractivity contribution in [3.8, 4) is 0 Å². The Bertz CT molecular complexity index is 843. The van der Waals surface area contributed by atoms with Crippen LogP contribution < -0.4 is 10.7 Å². The number of amides is 2. The van der Waals surface area contributed by atoms with Crippen molar-refractivity contribution in [1.29, 1.82) is 0 Å². The van der Waals surface area contributed by atoms with E-state index in [1.807, 2.05) is 0 Å². The molecular weight excluding hydrogens is 393 g/mol. The summed E-state index contributed by atoms with van der Waals surface area (Å²) < 4.78 is 39.2. The number of carbonyl (C=O) groups is 2. The fourth-order valence-corrected chi connectivity index (χ4v) is 3.33. The number of para-hydroxylation sites is 1. The number of hydrogen-bond donors (Lipinski definition) is 2. The van der Waals surface area contributed by atoms with Gasteiger partial charge >= 0.3 is 6.18 Å². The number of aromatic nitrogens is 1. The highest BCUT2D eigenvalue weighted by Crippen LogP contribution is 2.34. The molecule has 0 saturated heterocycles. The molecule has 0 spiro atoms. The van der Waals surface area contributed by atoms with Gasteiger partial charge in [-0.1, -0.05) is 18.2 Å². The molecule has 0 fully saturated rings. The Morgan fingerprint density at radius 3 is 2.50 bits per heavy atom. The van der Waals surface area contributed by atoms with Gasteiger partial charge in [0.25, 0.3) is 0 Å². The number of nitrogens with one attached hydrogen (secondary N) is 2. The third kappa shape index (κ3) is 6.68. The molecule has 0 unspecified atom stereocenters. The van der Waals surface area contributed by atoms with Gasteiger partial charge in [-0.3, -0.25) is 15.0 Å². The Morgan fingerprint density at radius 2 is 1.82 bits per heavy atom. The van der Waals surface area contributed by atoms with Crippen molar-refractivity contribution < 1.29 is 22.8 Å². The molecule has 0 aliphatic heterocycles. The van der Waals surface area contributed by atoms with Crippen LogP contribution in [0.5, 0.6) is 0 Å². The van der Waals surface area contributed by atoms with Crippen LogP contribution in [-0.4, -0.2) is 48.2 Å². The summed E-state index contributed by atoms with van der Waals surface area (Å²) in [6.07, 6.45) is -4.43. The number of alkyl halides is 3. The van der Waals surface area contributed by atoms with E-state index in [1.165, 1.54) is 22.8 Å². The van der Waals surface area contributed by atoms with Crippen LogP contribution >= 0.6 is 11.8 Å². The maximum absolute atomic E-state index is 13.1. The van der Waals surface area contributed by atoms with Crippen LogP contribution in [0.15, 0.2) is 35.2 Å². The Hall–Kier alpha value is -2.33. The lowest BCUT2D eigenvalue weighted by Crippen LogP contribution is -2.37. The molecule has 0 saturated carbocycles. The summed E-state index contributed by atoms with van der Waals surface area (Å²) in [5.41, 5.74) is 1.87. The molecule has 1 heterocycles. The van der Waals surface area contributed by atoms with Crippen LogP contribution in [0.1, 0.15) is 18.5 Å². The summed E-state index contributed by atoms with van der Waals surface area (Å²) in [6, 6.07) is 7.65. The van der Waals surface area contributed by atoms with Gasteiger partial charge < -0.3 is 5.32 Å². The Kier molecular flexibility index (Phi) is 7.64. The monoisotopic (exact) mass is 414 g/mol. The number of nitrogens with zero attached hydrogens (tertiary/aromatic N) is 2. The van der Waals surface area contributed by atoms with Gasteiger partial charge in [0.15, 0.2) is 0 Å². The minimum Gasteiger partial charge on any atom is -0.355 e. The molecule has 0 atom stereocenters. The minimum atomic E-state index is -4.53. The van der Waals surface area contributed by atoms with Gasteiger partial charge in [0.2, 0.25) is 11.8 Å². The van der Waals surface area contributed by atoms with Crippen molar-refractivity contribution in [1.82, 2.24) is 20.7 Å². The maximum Gasteiger partial charge on any atom is 0.433 e. The van der Waals surface area contributed by atoms with Gasteiger partial charge in [-0.05, 0) is 12.1 Å². The summed E-state index contributed by atoms with van der Waals surface area (Å²) >= 11 is 1.21. The second kappa shape index (κ2) is 9.74. The Balaban J connectivity index is 1.90. The molecule has 1 aromatic carbocycles. The van der Waals surface area contributed by atoms with E-state index in [1.54, 1.807) is 32.3 Å². The molecule has 0 bridgehead atoms. The average Bonchev–Trinajstić information content (AvgIpc) is 2.62. The van der Waals surface area contributed by atoms with Gasteiger partial charge in [0.05, 0.1) is 5.52 Å². The van der Waals surface area contributed by atoms with Gasteiger partial charge in [0.1, 0.15) is 5.69 Å². The Labute approximate surface area is 164 Å². The van der Waals surface area contributed by atoms with Crippen molar-refractivity contribution >= 4 is 34.5 Å². The number of halogens is 3. The van der Waals surface area contributed by atoms with Gasteiger partial charge in [-0.25, -0.2) is 9.99 Å². The first-order valence-corrected chi connectivity index (χ1v) is 9.48. The van der Waals surface area contributed by atoms with E-state index in [9.17, 15) is 22.8 Å². The van der Waals surface area contributed by atoms with Crippen LogP contribution in [0.25, 0.3) is 10.9 Å². The summed E-state index contributed by atoms with van der Waals surface area (Å²) in [5.74, 6) is -0.163. The van der Waals surface area contributed by atoms with Crippen LogP contribution in [0.3, 0.4) is 0 Å². The van der Waals surface area contributed by atoms with Gasteiger partial charge in [-0.15, -0.1) is 11.8 Å². The van der Waals surface area contributed by atoms with Crippen molar-refractivity contribution in [2.45, 2.75) is 23.9 Å². The highest BCUT2D eigenvalue weighted by Gasteiger charge is 2.33. The van der Waals surface area contributed by atoms with E-state index in [-0.39, 0.29) is 36.7 Å². The second-order valence-corrected chi connectivity index (χ2v) is 7.29. The lowest BCUT2D eigenvalue weighted by molar-refractivity contribution is -0.141. The molecule has 152 valence electrons. The molecule has 2 N–H and O–H groups in total. The van der Waals surface area contributed by atoms with E-state index >= 15 is 0 Å². The molecule has 6 nitrogen and oxygen atoms in total. The molecule has 2 amide bonds. The number of fused-ring (bicyclic) bond motifs is 1. The van der Waals surface area contributed by atoms with Crippen LogP contribution in [0, 0.1) is 0 Å². The predicted molar refractivity (Wildman–Crippen MR) is 102 cm³/mol. The number of thioether (sulfide) groups is 1. The highest BCUT2D eigenvalue weighted by atomic mass is 32.2. The first kappa shape index (κ1) is 22.0. The summed E-state index contributed by atoms with van der Waals surface area (Å²) in [7, 11) is 3.34. The molecular formula is C18H21F3N4O2S. The van der Waals surface area contributed by atoms with E-state index in [0.29, 0.717) is 16.0 Å². The number of hydrogen-bond acceptors (Lipinski definition) is 5. The molecule has 0 aliphatic rings. The number of pyridine rings is 1. The van der Waals surface area contributed by atoms with Gasteiger partial charge in [0, 0.05) is 49.5 Å². The SMILES string of the molecule is CN(C)NC(=O)CCC(=O)NCCSc1cc(C(F)(F)F)nc2ccccc12. The lowest BCUT2D eigenvalue weighted by atomic mass is 10.2. The second-order valence-electron chi connectivity index (χ2n) is 6.15. The maximum atomic E-state index is 13.1. The molecule has 28 heavy (non-hydrogen) atoms. The van der Waals surface area contributed by atoms with Crippen molar-refractivity contribution in [2.75, 3.05) is 26.4 Å². The summed E-state index contributed by atoms with van der Waals surface area (Å²) in [4.78, 5) is 27.4. The van der Waals surface area contributed by atoms with Crippen LogP contribution in [0.4, 0.5) is 13.2 Å². The van der Waals surface area contributed by atoms with Crippen molar-refractivity contribution in [2.24, 2.45) is 0 Å². The zero-order valence-corrected chi connectivity index (χ0v) is 16.3. The first-order valence-electron chi connectivity index (χ1n) is 8.50. The van der Waals surface area contributed by atoms with Crippen molar-refractivity contribution in [3.05, 3.63) is 36.0 Å². The standard InChI is InChI=1S/C18H21F3N4O2S/c1-25(2)24-17(27)8-7-16(26)22-9-10-28-14-11-15(18(19,20)21)23-13-6-4-3-5-12(13)14/h3-6,11H,7-10H2,1-2H3,(H,22,26)(H,24,27). The van der Waals surface area contributed by atoms with E-state index in [2.05, 4.69) is 15.7 Å². The summed E-state index contributed by atoms with van der Waals surface area (Å²) in [6.45, 7) is 0.275. The van der Waals surface area contributed by atoms with Gasteiger partial charge in [-0.2, -0.15) is 13.2 Å². The van der Waals surface area contributed by atoms with Crippen molar-refractivity contribution in [3.63, 3.8) is 0 Å². The molecule has 1 aromatic heterocycles. The summed E-state index contributed by atoms with van der Waals surface area (Å²) in [5, 5.41) is 4.79. The molecule has 0 aliphatic carbocycles. The van der Waals surface area contributed by atoms with Crippen LogP contribution in [-0.2, 0) is 15.8 Å². The number of hydrazine groups is 1. The number of benzene rings is 1. The average molecular weight is 414 g/mol. The molecule has 2 rings (SSSR count). The lowest BCUT2D eigenvalue weighted by Gasteiger charge is -2.12. The quantitative estimate of drug-likeness (QED) is 0.395.